The maximum absolute atomic E-state index is 13.3. The molecule has 1 amide bonds. The van der Waals surface area contributed by atoms with Crippen molar-refractivity contribution in [2.75, 3.05) is 5.32 Å². The Morgan fingerprint density at radius 2 is 2.00 bits per heavy atom. The summed E-state index contributed by atoms with van der Waals surface area (Å²) in [6, 6.07) is 5.86. The third-order valence-corrected chi connectivity index (χ3v) is 4.10. The minimum Gasteiger partial charge on any atom is -0.296 e. The maximum atomic E-state index is 13.3. The molecule has 0 saturated carbocycles. The number of benzene rings is 1. The van der Waals surface area contributed by atoms with Crippen molar-refractivity contribution in [2.24, 2.45) is 0 Å². The van der Waals surface area contributed by atoms with Gasteiger partial charge >= 0.3 is 6.18 Å². The van der Waals surface area contributed by atoms with Gasteiger partial charge in [0, 0.05) is 23.3 Å². The summed E-state index contributed by atoms with van der Waals surface area (Å²) in [6.45, 7) is 1.43. The second-order valence-corrected chi connectivity index (χ2v) is 6.11. The second kappa shape index (κ2) is 6.71. The van der Waals surface area contributed by atoms with E-state index in [2.05, 4.69) is 15.4 Å². The highest BCUT2D eigenvalue weighted by atomic mass is 32.1. The average Bonchev–Trinajstić information content (AvgIpc) is 3.07. The summed E-state index contributed by atoms with van der Waals surface area (Å²) in [7, 11) is 0. The number of rotatable bonds is 3. The first-order valence-electron chi connectivity index (χ1n) is 7.26. The first-order valence-corrected chi connectivity index (χ1v) is 8.14. The van der Waals surface area contributed by atoms with Crippen molar-refractivity contribution in [2.45, 2.75) is 13.1 Å². The van der Waals surface area contributed by atoms with Crippen LogP contribution in [0.5, 0.6) is 0 Å². The molecule has 2 aromatic heterocycles. The molecule has 1 aromatic carbocycles. The molecule has 0 aliphatic carbocycles. The highest BCUT2D eigenvalue weighted by Crippen LogP contribution is 2.33. The highest BCUT2D eigenvalue weighted by molar-refractivity contribution is 7.13. The van der Waals surface area contributed by atoms with Crippen LogP contribution in [-0.2, 0) is 6.18 Å². The number of aryl methyl sites for hydroxylation is 1. The molecule has 10 heteroatoms. The monoisotopic (exact) mass is 380 g/mol. The van der Waals surface area contributed by atoms with Crippen molar-refractivity contribution in [3.8, 4) is 5.69 Å². The predicted octanol–water partition coefficient (Wildman–Crippen LogP) is 3.27. The van der Waals surface area contributed by atoms with E-state index in [-0.39, 0.29) is 16.5 Å². The Labute approximate surface area is 148 Å². The van der Waals surface area contributed by atoms with E-state index in [1.165, 1.54) is 31.3 Å². The number of aromatic nitrogens is 3. The number of hydrogen-bond donors (Lipinski definition) is 1. The van der Waals surface area contributed by atoms with Gasteiger partial charge in [-0.25, -0.2) is 9.67 Å². The van der Waals surface area contributed by atoms with Gasteiger partial charge in [0.25, 0.3) is 5.91 Å². The summed E-state index contributed by atoms with van der Waals surface area (Å²) in [5.74, 6) is -0.844. The van der Waals surface area contributed by atoms with Crippen LogP contribution in [0.15, 0.2) is 46.7 Å². The molecular formula is C16H11F3N4O2S. The standard InChI is InChI=1S/C16H11F3N4O2S/c1-9-8-12(24)13(14(25)21-15-20-6-7-26-15)22-23(9)11-5-3-2-4-10(11)16(17,18)19/h2-8H,1H3,(H,20,21,25). The summed E-state index contributed by atoms with van der Waals surface area (Å²) >= 11 is 1.13. The van der Waals surface area contributed by atoms with E-state index in [9.17, 15) is 22.8 Å². The van der Waals surface area contributed by atoms with Crippen LogP contribution in [0, 0.1) is 6.92 Å². The lowest BCUT2D eigenvalue weighted by Gasteiger charge is -2.16. The molecular weight excluding hydrogens is 369 g/mol. The van der Waals surface area contributed by atoms with Gasteiger partial charge in [-0.05, 0) is 19.1 Å². The normalized spacial score (nSPS) is 11.4. The lowest BCUT2D eigenvalue weighted by molar-refractivity contribution is -0.137. The van der Waals surface area contributed by atoms with E-state index in [0.29, 0.717) is 0 Å². The molecule has 0 fully saturated rings. The third kappa shape index (κ3) is 3.49. The summed E-state index contributed by atoms with van der Waals surface area (Å²) in [6.07, 6.45) is -3.15. The number of halogens is 3. The van der Waals surface area contributed by atoms with E-state index < -0.39 is 28.8 Å². The minimum absolute atomic E-state index is 0.164. The number of anilines is 1. The van der Waals surface area contributed by atoms with Crippen molar-refractivity contribution >= 4 is 22.4 Å². The van der Waals surface area contributed by atoms with Crippen molar-refractivity contribution < 1.29 is 18.0 Å². The molecule has 26 heavy (non-hydrogen) atoms. The van der Waals surface area contributed by atoms with Crippen molar-refractivity contribution in [1.82, 2.24) is 14.8 Å². The zero-order chi connectivity index (χ0) is 18.9. The molecule has 6 nitrogen and oxygen atoms in total. The van der Waals surface area contributed by atoms with Crippen LogP contribution in [0.3, 0.4) is 0 Å². The number of hydrogen-bond acceptors (Lipinski definition) is 5. The molecule has 3 aromatic rings. The minimum atomic E-state index is -4.61. The predicted molar refractivity (Wildman–Crippen MR) is 89.6 cm³/mol. The lowest BCUT2D eigenvalue weighted by Crippen LogP contribution is -2.27. The van der Waals surface area contributed by atoms with E-state index in [1.54, 1.807) is 5.38 Å². The van der Waals surface area contributed by atoms with Gasteiger partial charge in [0.1, 0.15) is 0 Å². The molecule has 0 unspecified atom stereocenters. The van der Waals surface area contributed by atoms with Crippen LogP contribution in [-0.4, -0.2) is 20.7 Å². The number of carbonyl (C=O) groups excluding carboxylic acids is 1. The van der Waals surface area contributed by atoms with Crippen molar-refractivity contribution in [3.05, 3.63) is 69.1 Å². The summed E-state index contributed by atoms with van der Waals surface area (Å²) in [5.41, 5.74) is -2.26. The Hall–Kier alpha value is -3.01. The quantitative estimate of drug-likeness (QED) is 0.757. The van der Waals surface area contributed by atoms with Crippen LogP contribution >= 0.6 is 11.3 Å². The van der Waals surface area contributed by atoms with Crippen LogP contribution in [0.2, 0.25) is 0 Å². The molecule has 0 aliphatic heterocycles. The van der Waals surface area contributed by atoms with Crippen molar-refractivity contribution in [3.63, 3.8) is 0 Å². The molecule has 0 saturated heterocycles. The number of nitrogens with one attached hydrogen (secondary N) is 1. The summed E-state index contributed by atoms with van der Waals surface area (Å²) < 4.78 is 40.7. The maximum Gasteiger partial charge on any atom is 0.418 e. The fourth-order valence-electron chi connectivity index (χ4n) is 2.29. The number of para-hydroxylation sites is 1. The molecule has 134 valence electrons. The summed E-state index contributed by atoms with van der Waals surface area (Å²) in [5, 5.41) is 8.13. The Morgan fingerprint density at radius 1 is 1.27 bits per heavy atom. The largest absolute Gasteiger partial charge is 0.418 e. The van der Waals surface area contributed by atoms with Crippen LogP contribution in [0.1, 0.15) is 21.7 Å². The van der Waals surface area contributed by atoms with E-state index in [1.807, 2.05) is 0 Å². The fraction of sp³-hybridized carbons (Fsp3) is 0.125. The first kappa shape index (κ1) is 17.8. The first-order chi connectivity index (χ1) is 12.3. The molecule has 0 aliphatic rings. The molecule has 0 atom stereocenters. The van der Waals surface area contributed by atoms with Gasteiger partial charge in [-0.3, -0.25) is 14.9 Å². The molecule has 0 bridgehead atoms. The Balaban J connectivity index is 2.10. The number of nitrogens with zero attached hydrogens (tertiary/aromatic N) is 3. The number of carbonyl (C=O) groups is 1. The zero-order valence-corrected chi connectivity index (χ0v) is 14.1. The molecule has 0 radical (unpaired) electrons. The molecule has 3 rings (SSSR count). The van der Waals surface area contributed by atoms with Gasteiger partial charge < -0.3 is 0 Å². The van der Waals surface area contributed by atoms with Gasteiger partial charge in [0.05, 0.1) is 11.3 Å². The summed E-state index contributed by atoms with van der Waals surface area (Å²) in [4.78, 5) is 28.2. The van der Waals surface area contributed by atoms with Gasteiger partial charge in [-0.15, -0.1) is 11.3 Å². The van der Waals surface area contributed by atoms with Crippen LogP contribution < -0.4 is 10.7 Å². The number of amides is 1. The van der Waals surface area contributed by atoms with Gasteiger partial charge in [0.15, 0.2) is 10.8 Å². The smallest absolute Gasteiger partial charge is 0.296 e. The van der Waals surface area contributed by atoms with Gasteiger partial charge in [-0.1, -0.05) is 12.1 Å². The SMILES string of the molecule is Cc1cc(=O)c(C(=O)Nc2nccs2)nn1-c1ccccc1C(F)(F)F. The topological polar surface area (TPSA) is 76.9 Å². The second-order valence-electron chi connectivity index (χ2n) is 5.22. The van der Waals surface area contributed by atoms with Crippen LogP contribution in [0.25, 0.3) is 5.69 Å². The van der Waals surface area contributed by atoms with E-state index in [0.717, 1.165) is 28.2 Å². The average molecular weight is 380 g/mol. The van der Waals surface area contributed by atoms with Crippen molar-refractivity contribution in [1.29, 1.82) is 0 Å². The third-order valence-electron chi connectivity index (χ3n) is 3.41. The van der Waals surface area contributed by atoms with Gasteiger partial charge in [-0.2, -0.15) is 18.3 Å². The number of alkyl halides is 3. The molecule has 0 spiro atoms. The highest BCUT2D eigenvalue weighted by Gasteiger charge is 2.34. The van der Waals surface area contributed by atoms with E-state index in [4.69, 9.17) is 0 Å². The van der Waals surface area contributed by atoms with Crippen LogP contribution in [0.4, 0.5) is 18.3 Å². The number of thiazole rings is 1. The zero-order valence-electron chi connectivity index (χ0n) is 13.2. The Kier molecular flexibility index (Phi) is 4.60. The Bertz CT molecular complexity index is 1010. The van der Waals surface area contributed by atoms with E-state index >= 15 is 0 Å². The fourth-order valence-corrected chi connectivity index (χ4v) is 2.81. The molecule has 2 heterocycles. The Morgan fingerprint density at radius 3 is 2.65 bits per heavy atom. The lowest BCUT2D eigenvalue weighted by atomic mass is 10.1. The van der Waals surface area contributed by atoms with Gasteiger partial charge in [0.2, 0.25) is 5.43 Å². The molecule has 1 N–H and O–H groups in total.